The predicted octanol–water partition coefficient (Wildman–Crippen LogP) is 0.457. The number of hydrogen-bond acceptors (Lipinski definition) is 4. The molecule has 0 aromatic rings. The molecule has 2 N–H and O–H groups in total. The molecule has 0 saturated carbocycles. The molecule has 4 nitrogen and oxygen atoms in total. The van der Waals surface area contributed by atoms with E-state index >= 15 is 0 Å². The van der Waals surface area contributed by atoms with E-state index in [1.54, 1.807) is 0 Å². The second-order valence-corrected chi connectivity index (χ2v) is 2.35. The summed E-state index contributed by atoms with van der Waals surface area (Å²) in [6, 6.07) is 2.09. The number of guanidine groups is 1. The van der Waals surface area contributed by atoms with Crippen molar-refractivity contribution in [2.45, 2.75) is 12.8 Å². The first kappa shape index (κ1) is 11.5. The van der Waals surface area contributed by atoms with Crippen molar-refractivity contribution >= 4 is 29.9 Å². The molecule has 0 aromatic heterocycles. The van der Waals surface area contributed by atoms with E-state index in [0.29, 0.717) is 6.42 Å². The van der Waals surface area contributed by atoms with Gasteiger partial charge in [-0.2, -0.15) is 5.26 Å². The van der Waals surface area contributed by atoms with Gasteiger partial charge in [-0.3, -0.25) is 4.99 Å². The smallest absolute Gasteiger partial charge is 0.191 e. The lowest BCUT2D eigenvalue weighted by molar-refractivity contribution is 0.778. The molecular formula is C7H13IN4. The van der Waals surface area contributed by atoms with Gasteiger partial charge in [0.05, 0.1) is 12.6 Å². The Hall–Kier alpha value is -0.510. The fourth-order valence-electron chi connectivity index (χ4n) is 0.891. The molecule has 68 valence electrons. The Morgan fingerprint density at radius 1 is 1.67 bits per heavy atom. The van der Waals surface area contributed by atoms with E-state index in [0.717, 1.165) is 32.0 Å². The summed E-state index contributed by atoms with van der Waals surface area (Å²) in [5.74, 6) is 0.878. The maximum atomic E-state index is 8.23. The lowest BCUT2D eigenvalue weighted by Crippen LogP contribution is -2.34. The first-order chi connectivity index (χ1) is 5.43. The highest BCUT2D eigenvalue weighted by atomic mass is 127. The number of nitrogens with zero attached hydrogens (tertiary/aromatic N) is 2. The third kappa shape index (κ3) is 4.38. The van der Waals surface area contributed by atoms with Crippen LogP contribution in [0, 0.1) is 11.3 Å². The van der Waals surface area contributed by atoms with Crippen LogP contribution in [-0.4, -0.2) is 25.6 Å². The topological polar surface area (TPSA) is 60.2 Å². The van der Waals surface area contributed by atoms with Gasteiger partial charge in [0.2, 0.25) is 0 Å². The number of unbranched alkanes of at least 4 members (excludes halogenated alkanes) is 1. The maximum absolute atomic E-state index is 8.23. The molecule has 0 radical (unpaired) electrons. The first-order valence-corrected chi connectivity index (χ1v) is 3.82. The van der Waals surface area contributed by atoms with E-state index in [-0.39, 0.29) is 24.0 Å². The van der Waals surface area contributed by atoms with Crippen LogP contribution in [-0.2, 0) is 0 Å². The standard InChI is InChI=1S/C7H12N4.HI/c8-3-1-2-4-9-7-10-5-6-11-7;/h1-2,4-6H2,(H2,9,10,11);1H. The van der Waals surface area contributed by atoms with Gasteiger partial charge in [-0.15, -0.1) is 24.0 Å². The number of aliphatic imine (C=N–C) groups is 1. The van der Waals surface area contributed by atoms with Crippen molar-refractivity contribution < 1.29 is 0 Å². The van der Waals surface area contributed by atoms with Gasteiger partial charge in [-0.1, -0.05) is 0 Å². The first-order valence-electron chi connectivity index (χ1n) is 3.82. The van der Waals surface area contributed by atoms with Crippen molar-refractivity contribution in [3.05, 3.63) is 0 Å². The van der Waals surface area contributed by atoms with Crippen molar-refractivity contribution in [1.29, 1.82) is 5.26 Å². The number of halogens is 1. The summed E-state index contributed by atoms with van der Waals surface area (Å²) in [6.07, 6.45) is 1.50. The summed E-state index contributed by atoms with van der Waals surface area (Å²) in [4.78, 5) is 4.14. The number of nitrogens with one attached hydrogen (secondary N) is 2. The summed E-state index contributed by atoms with van der Waals surface area (Å²) in [6.45, 7) is 2.63. The molecule has 0 aliphatic carbocycles. The summed E-state index contributed by atoms with van der Waals surface area (Å²) in [5, 5.41) is 14.4. The zero-order chi connectivity index (χ0) is 7.94. The van der Waals surface area contributed by atoms with Gasteiger partial charge in [-0.25, -0.2) is 0 Å². The average molecular weight is 280 g/mol. The van der Waals surface area contributed by atoms with Gasteiger partial charge in [0.25, 0.3) is 0 Å². The Kier molecular flexibility index (Phi) is 6.85. The van der Waals surface area contributed by atoms with Crippen molar-refractivity contribution in [1.82, 2.24) is 10.6 Å². The Morgan fingerprint density at radius 3 is 3.08 bits per heavy atom. The minimum atomic E-state index is 0. The molecule has 1 heterocycles. The van der Waals surface area contributed by atoms with Crippen LogP contribution in [0.25, 0.3) is 0 Å². The number of hydrogen-bond donors (Lipinski definition) is 2. The Balaban J connectivity index is 0.00000121. The molecule has 0 aromatic carbocycles. The molecule has 0 fully saturated rings. The highest BCUT2D eigenvalue weighted by Gasteiger charge is 2.01. The third-order valence-corrected chi connectivity index (χ3v) is 1.43. The van der Waals surface area contributed by atoms with Crippen LogP contribution < -0.4 is 10.6 Å². The van der Waals surface area contributed by atoms with E-state index in [4.69, 9.17) is 5.26 Å². The third-order valence-electron chi connectivity index (χ3n) is 1.43. The summed E-state index contributed by atoms with van der Waals surface area (Å²) < 4.78 is 0. The quantitative estimate of drug-likeness (QED) is 0.583. The summed E-state index contributed by atoms with van der Waals surface area (Å²) in [5.41, 5.74) is 0. The Labute approximate surface area is 89.5 Å². The van der Waals surface area contributed by atoms with Crippen LogP contribution in [0.2, 0.25) is 0 Å². The van der Waals surface area contributed by atoms with Gasteiger partial charge in [0.15, 0.2) is 5.96 Å². The molecule has 0 unspecified atom stereocenters. The predicted molar refractivity (Wildman–Crippen MR) is 58.6 cm³/mol. The highest BCUT2D eigenvalue weighted by Crippen LogP contribution is 1.85. The number of nitriles is 1. The van der Waals surface area contributed by atoms with E-state index < -0.39 is 0 Å². The zero-order valence-corrected chi connectivity index (χ0v) is 9.17. The van der Waals surface area contributed by atoms with E-state index in [1.165, 1.54) is 0 Å². The minimum absolute atomic E-state index is 0. The lowest BCUT2D eigenvalue weighted by atomic mass is 10.3. The molecule has 0 amide bonds. The molecule has 1 rings (SSSR count). The molecule has 1 aliphatic heterocycles. The van der Waals surface area contributed by atoms with E-state index in [2.05, 4.69) is 21.7 Å². The summed E-state index contributed by atoms with van der Waals surface area (Å²) >= 11 is 0. The maximum Gasteiger partial charge on any atom is 0.191 e. The Bertz CT molecular complexity index is 184. The summed E-state index contributed by atoms with van der Waals surface area (Å²) in [7, 11) is 0. The SMILES string of the molecule is I.N#CCCCNC1=NCCN1. The lowest BCUT2D eigenvalue weighted by Gasteiger charge is -2.03. The van der Waals surface area contributed by atoms with Gasteiger partial charge < -0.3 is 10.6 Å². The van der Waals surface area contributed by atoms with Gasteiger partial charge >= 0.3 is 0 Å². The van der Waals surface area contributed by atoms with Crippen molar-refractivity contribution in [3.8, 4) is 6.07 Å². The number of rotatable bonds is 3. The fourth-order valence-corrected chi connectivity index (χ4v) is 0.891. The van der Waals surface area contributed by atoms with Gasteiger partial charge in [0.1, 0.15) is 0 Å². The van der Waals surface area contributed by atoms with Gasteiger partial charge in [-0.05, 0) is 6.42 Å². The van der Waals surface area contributed by atoms with E-state index in [1.807, 2.05) is 0 Å². The molecular weight excluding hydrogens is 267 g/mol. The molecule has 12 heavy (non-hydrogen) atoms. The normalized spacial score (nSPS) is 13.8. The van der Waals surface area contributed by atoms with E-state index in [9.17, 15) is 0 Å². The molecule has 0 bridgehead atoms. The van der Waals surface area contributed by atoms with Gasteiger partial charge in [0, 0.05) is 19.5 Å². The van der Waals surface area contributed by atoms with Crippen LogP contribution in [0.5, 0.6) is 0 Å². The largest absolute Gasteiger partial charge is 0.356 e. The molecule has 0 spiro atoms. The highest BCUT2D eigenvalue weighted by molar-refractivity contribution is 14.0. The molecule has 1 aliphatic rings. The molecule has 0 atom stereocenters. The monoisotopic (exact) mass is 280 g/mol. The van der Waals surface area contributed by atoms with Crippen molar-refractivity contribution in [3.63, 3.8) is 0 Å². The van der Waals surface area contributed by atoms with Crippen LogP contribution in [0.3, 0.4) is 0 Å². The van der Waals surface area contributed by atoms with Crippen LogP contribution in [0.1, 0.15) is 12.8 Å². The molecule has 0 saturated heterocycles. The second kappa shape index (κ2) is 7.16. The second-order valence-electron chi connectivity index (χ2n) is 2.35. The van der Waals surface area contributed by atoms with Crippen molar-refractivity contribution in [2.75, 3.05) is 19.6 Å². The van der Waals surface area contributed by atoms with Crippen molar-refractivity contribution in [2.24, 2.45) is 4.99 Å². The molecule has 5 heteroatoms. The fraction of sp³-hybridized carbons (Fsp3) is 0.714. The van der Waals surface area contributed by atoms with Crippen LogP contribution in [0.4, 0.5) is 0 Å². The Morgan fingerprint density at radius 2 is 2.50 bits per heavy atom. The van der Waals surface area contributed by atoms with Crippen LogP contribution >= 0.6 is 24.0 Å². The minimum Gasteiger partial charge on any atom is -0.356 e. The zero-order valence-electron chi connectivity index (χ0n) is 6.84. The van der Waals surface area contributed by atoms with Crippen LogP contribution in [0.15, 0.2) is 4.99 Å². The average Bonchev–Trinajstić information content (AvgIpc) is 2.50.